The number of nitrogens with two attached hydrogens (primary N) is 1. The number of hydrogen-bond donors (Lipinski definition) is 1. The molecule has 2 N–H and O–H groups in total. The van der Waals surface area contributed by atoms with E-state index in [1.165, 1.54) is 0 Å². The average molecular weight is 220 g/mol. The molecule has 0 heterocycles. The van der Waals surface area contributed by atoms with Gasteiger partial charge in [-0.1, -0.05) is 6.92 Å². The predicted octanol–water partition coefficient (Wildman–Crippen LogP) is 2.45. The fraction of sp³-hybridized carbons (Fsp3) is 0.462. The summed E-state index contributed by atoms with van der Waals surface area (Å²) in [4.78, 5) is 13.9. The summed E-state index contributed by atoms with van der Waals surface area (Å²) in [5.74, 6) is 0.0322. The zero-order valence-corrected chi connectivity index (χ0v) is 10.4. The molecule has 1 atom stereocenters. The van der Waals surface area contributed by atoms with Crippen LogP contribution in [0, 0.1) is 6.92 Å². The van der Waals surface area contributed by atoms with Crippen molar-refractivity contribution in [3.63, 3.8) is 0 Å². The Labute approximate surface area is 97.2 Å². The zero-order chi connectivity index (χ0) is 12.3. The first kappa shape index (κ1) is 12.6. The first-order valence-corrected chi connectivity index (χ1v) is 5.60. The number of nitrogens with zero attached hydrogens (tertiary/aromatic N) is 1. The summed E-state index contributed by atoms with van der Waals surface area (Å²) < 4.78 is 0. The van der Waals surface area contributed by atoms with Crippen LogP contribution < -0.4 is 5.73 Å². The van der Waals surface area contributed by atoms with Crippen molar-refractivity contribution in [2.45, 2.75) is 33.2 Å². The molecule has 0 saturated heterocycles. The third-order valence-corrected chi connectivity index (χ3v) is 2.92. The van der Waals surface area contributed by atoms with Crippen LogP contribution >= 0.6 is 0 Å². The highest BCUT2D eigenvalue weighted by Gasteiger charge is 2.16. The van der Waals surface area contributed by atoms with E-state index in [0.29, 0.717) is 11.3 Å². The molecule has 0 aliphatic heterocycles. The minimum atomic E-state index is 0.0322. The summed E-state index contributed by atoms with van der Waals surface area (Å²) >= 11 is 0. The molecule has 0 aromatic heterocycles. The topological polar surface area (TPSA) is 46.3 Å². The molecule has 1 aromatic carbocycles. The van der Waals surface area contributed by atoms with E-state index in [9.17, 15) is 4.79 Å². The summed E-state index contributed by atoms with van der Waals surface area (Å²) in [6, 6.07) is 5.71. The van der Waals surface area contributed by atoms with Gasteiger partial charge < -0.3 is 10.6 Å². The molecule has 16 heavy (non-hydrogen) atoms. The molecule has 88 valence electrons. The highest BCUT2D eigenvalue weighted by molar-refractivity contribution is 5.95. The average Bonchev–Trinajstić information content (AvgIpc) is 2.24. The van der Waals surface area contributed by atoms with Gasteiger partial charge in [-0.2, -0.15) is 0 Å². The summed E-state index contributed by atoms with van der Waals surface area (Å²) in [6.07, 6.45) is 0.948. The molecule has 0 spiro atoms. The lowest BCUT2D eigenvalue weighted by Crippen LogP contribution is -2.34. The molecule has 0 radical (unpaired) electrons. The molecule has 1 rings (SSSR count). The maximum Gasteiger partial charge on any atom is 0.253 e. The number of rotatable bonds is 3. The lowest BCUT2D eigenvalue weighted by molar-refractivity contribution is 0.0740. The van der Waals surface area contributed by atoms with Crippen LogP contribution in [-0.2, 0) is 0 Å². The first-order chi connectivity index (χ1) is 7.45. The van der Waals surface area contributed by atoms with Gasteiger partial charge >= 0.3 is 0 Å². The summed E-state index contributed by atoms with van der Waals surface area (Å²) in [6.45, 7) is 6.05. The van der Waals surface area contributed by atoms with Crippen LogP contribution in [-0.4, -0.2) is 23.9 Å². The van der Waals surface area contributed by atoms with Crippen molar-refractivity contribution >= 4 is 11.6 Å². The number of amides is 1. The van der Waals surface area contributed by atoms with Gasteiger partial charge in [0.2, 0.25) is 0 Å². The molecular weight excluding hydrogens is 200 g/mol. The third-order valence-electron chi connectivity index (χ3n) is 2.92. The normalized spacial score (nSPS) is 12.2. The Morgan fingerprint density at radius 2 is 2.06 bits per heavy atom. The van der Waals surface area contributed by atoms with Crippen LogP contribution in [0.15, 0.2) is 18.2 Å². The standard InChI is InChI=1S/C13H20N2O/c1-5-10(3)15(4)13(16)11-6-9(2)7-12(14)8-11/h6-8,10H,5,14H2,1-4H3. The van der Waals surface area contributed by atoms with Crippen molar-refractivity contribution < 1.29 is 4.79 Å². The van der Waals surface area contributed by atoms with Crippen LogP contribution in [0.4, 0.5) is 5.69 Å². The maximum atomic E-state index is 12.1. The van der Waals surface area contributed by atoms with E-state index in [2.05, 4.69) is 6.92 Å². The number of anilines is 1. The van der Waals surface area contributed by atoms with Gasteiger partial charge in [-0.3, -0.25) is 4.79 Å². The van der Waals surface area contributed by atoms with E-state index in [4.69, 9.17) is 5.73 Å². The molecule has 0 aliphatic carbocycles. The Kier molecular flexibility index (Phi) is 3.93. The number of aryl methyl sites for hydroxylation is 1. The smallest absolute Gasteiger partial charge is 0.253 e. The Morgan fingerprint density at radius 1 is 1.44 bits per heavy atom. The molecule has 1 unspecified atom stereocenters. The van der Waals surface area contributed by atoms with Gasteiger partial charge in [0.1, 0.15) is 0 Å². The molecule has 3 nitrogen and oxygen atoms in total. The van der Waals surface area contributed by atoms with Crippen molar-refractivity contribution in [1.29, 1.82) is 0 Å². The van der Waals surface area contributed by atoms with Gasteiger partial charge in [-0.15, -0.1) is 0 Å². The van der Waals surface area contributed by atoms with Crippen molar-refractivity contribution in [3.05, 3.63) is 29.3 Å². The van der Waals surface area contributed by atoms with Crippen LogP contribution in [0.2, 0.25) is 0 Å². The van der Waals surface area contributed by atoms with Gasteiger partial charge in [-0.05, 0) is 44.0 Å². The van der Waals surface area contributed by atoms with E-state index in [0.717, 1.165) is 12.0 Å². The van der Waals surface area contributed by atoms with E-state index < -0.39 is 0 Å². The summed E-state index contributed by atoms with van der Waals surface area (Å²) in [7, 11) is 1.83. The van der Waals surface area contributed by atoms with Gasteiger partial charge in [0.15, 0.2) is 0 Å². The number of carbonyl (C=O) groups is 1. The quantitative estimate of drug-likeness (QED) is 0.795. The fourth-order valence-electron chi connectivity index (χ4n) is 1.61. The number of carbonyl (C=O) groups excluding carboxylic acids is 1. The predicted molar refractivity (Wildman–Crippen MR) is 67.4 cm³/mol. The second-order valence-electron chi connectivity index (χ2n) is 4.31. The SMILES string of the molecule is CCC(C)N(C)C(=O)c1cc(C)cc(N)c1. The van der Waals surface area contributed by atoms with Gasteiger partial charge in [-0.25, -0.2) is 0 Å². The first-order valence-electron chi connectivity index (χ1n) is 5.60. The lowest BCUT2D eigenvalue weighted by atomic mass is 10.1. The molecule has 0 aliphatic rings. The molecule has 3 heteroatoms. The number of nitrogen functional groups attached to an aromatic ring is 1. The van der Waals surface area contributed by atoms with Crippen LogP contribution in [0.5, 0.6) is 0 Å². The highest BCUT2D eigenvalue weighted by atomic mass is 16.2. The largest absolute Gasteiger partial charge is 0.399 e. The van der Waals surface area contributed by atoms with Crippen molar-refractivity contribution in [1.82, 2.24) is 4.90 Å². The molecule has 0 fully saturated rings. The number of hydrogen-bond acceptors (Lipinski definition) is 2. The molecular formula is C13H20N2O. The van der Waals surface area contributed by atoms with Gasteiger partial charge in [0.05, 0.1) is 0 Å². The summed E-state index contributed by atoms with van der Waals surface area (Å²) in [5, 5.41) is 0. The summed E-state index contributed by atoms with van der Waals surface area (Å²) in [5.41, 5.74) is 8.06. The third kappa shape index (κ3) is 2.75. The lowest BCUT2D eigenvalue weighted by Gasteiger charge is -2.24. The maximum absolute atomic E-state index is 12.1. The Hall–Kier alpha value is -1.51. The van der Waals surface area contributed by atoms with E-state index in [1.54, 1.807) is 11.0 Å². The Bertz CT molecular complexity index is 367. The number of benzene rings is 1. The Balaban J connectivity index is 2.96. The van der Waals surface area contributed by atoms with Crippen LogP contribution in [0.1, 0.15) is 36.2 Å². The van der Waals surface area contributed by atoms with Crippen LogP contribution in [0.25, 0.3) is 0 Å². The van der Waals surface area contributed by atoms with E-state index in [1.807, 2.05) is 33.0 Å². The minimum absolute atomic E-state index is 0.0322. The highest BCUT2D eigenvalue weighted by Crippen LogP contribution is 2.14. The van der Waals surface area contributed by atoms with Crippen molar-refractivity contribution in [3.8, 4) is 0 Å². The zero-order valence-electron chi connectivity index (χ0n) is 10.4. The van der Waals surface area contributed by atoms with Gasteiger partial charge in [0.25, 0.3) is 5.91 Å². The van der Waals surface area contributed by atoms with Crippen molar-refractivity contribution in [2.75, 3.05) is 12.8 Å². The van der Waals surface area contributed by atoms with E-state index in [-0.39, 0.29) is 11.9 Å². The molecule has 0 bridgehead atoms. The molecule has 0 saturated carbocycles. The second-order valence-corrected chi connectivity index (χ2v) is 4.31. The monoisotopic (exact) mass is 220 g/mol. The fourth-order valence-corrected chi connectivity index (χ4v) is 1.61. The van der Waals surface area contributed by atoms with Crippen LogP contribution in [0.3, 0.4) is 0 Å². The van der Waals surface area contributed by atoms with E-state index >= 15 is 0 Å². The van der Waals surface area contributed by atoms with Crippen molar-refractivity contribution in [2.24, 2.45) is 0 Å². The molecule has 1 aromatic rings. The second kappa shape index (κ2) is 5.01. The Morgan fingerprint density at radius 3 is 2.56 bits per heavy atom. The van der Waals surface area contributed by atoms with Gasteiger partial charge in [0, 0.05) is 24.3 Å². The molecule has 1 amide bonds. The minimum Gasteiger partial charge on any atom is -0.399 e.